The van der Waals surface area contributed by atoms with Crippen LogP contribution in [0.15, 0.2) is 11.6 Å². The van der Waals surface area contributed by atoms with Gasteiger partial charge < -0.3 is 15.2 Å². The van der Waals surface area contributed by atoms with Gasteiger partial charge in [0, 0.05) is 33.2 Å². The van der Waals surface area contributed by atoms with Crippen LogP contribution in [0.1, 0.15) is 26.7 Å². The molecule has 1 rings (SSSR count). The maximum Gasteiger partial charge on any atom is 0.0908 e. The molecule has 0 aromatic rings. The zero-order valence-electron chi connectivity index (χ0n) is 9.38. The van der Waals surface area contributed by atoms with Crippen LogP contribution in [0.2, 0.25) is 0 Å². The topological polar surface area (TPSA) is 44.5 Å². The molecule has 0 saturated carbocycles. The highest BCUT2D eigenvalue weighted by molar-refractivity contribution is 5.09. The molecule has 1 heterocycles. The van der Waals surface area contributed by atoms with Gasteiger partial charge in [0.05, 0.1) is 11.6 Å². The van der Waals surface area contributed by atoms with Crippen LogP contribution in [-0.2, 0) is 9.47 Å². The monoisotopic (exact) mass is 199 g/mol. The predicted molar refractivity (Wildman–Crippen MR) is 57.2 cm³/mol. The quantitative estimate of drug-likeness (QED) is 0.700. The maximum absolute atomic E-state index is 6.14. The van der Waals surface area contributed by atoms with Gasteiger partial charge in [0.15, 0.2) is 0 Å². The van der Waals surface area contributed by atoms with Crippen LogP contribution in [-0.4, -0.2) is 32.0 Å². The molecule has 82 valence electrons. The van der Waals surface area contributed by atoms with Crippen LogP contribution in [0.5, 0.6) is 0 Å². The summed E-state index contributed by atoms with van der Waals surface area (Å²) in [5.41, 5.74) is 7.16. The summed E-state index contributed by atoms with van der Waals surface area (Å²) in [5, 5.41) is 0. The number of nitrogens with two attached hydrogens (primary N) is 1. The van der Waals surface area contributed by atoms with E-state index < -0.39 is 0 Å². The summed E-state index contributed by atoms with van der Waals surface area (Å²) >= 11 is 0. The van der Waals surface area contributed by atoms with Gasteiger partial charge in [0.2, 0.25) is 0 Å². The summed E-state index contributed by atoms with van der Waals surface area (Å²) in [7, 11) is 1.74. The lowest BCUT2D eigenvalue weighted by Gasteiger charge is -2.39. The van der Waals surface area contributed by atoms with Crippen LogP contribution in [0.25, 0.3) is 0 Å². The molecule has 0 aromatic carbocycles. The first-order valence-electron chi connectivity index (χ1n) is 5.14. The Morgan fingerprint density at radius 2 is 2.00 bits per heavy atom. The molecular formula is C11H21NO2. The molecular weight excluding hydrogens is 178 g/mol. The van der Waals surface area contributed by atoms with Gasteiger partial charge in [-0.2, -0.15) is 0 Å². The zero-order chi connectivity index (χ0) is 10.6. The molecule has 1 unspecified atom stereocenters. The summed E-state index contributed by atoms with van der Waals surface area (Å²) in [6, 6.07) is -0.0265. The molecule has 14 heavy (non-hydrogen) atoms. The normalized spacial score (nSPS) is 22.9. The standard InChI is InChI=1S/C11H21NO2/c1-9(2)8-10(12)11(13-3)4-6-14-7-5-11/h8,10H,4-7,12H2,1-3H3. The van der Waals surface area contributed by atoms with Gasteiger partial charge in [0.25, 0.3) is 0 Å². The van der Waals surface area contributed by atoms with Gasteiger partial charge in [-0.15, -0.1) is 0 Å². The van der Waals surface area contributed by atoms with Crippen molar-refractivity contribution >= 4 is 0 Å². The predicted octanol–water partition coefficient (Wildman–Crippen LogP) is 1.48. The fraction of sp³-hybridized carbons (Fsp3) is 0.818. The van der Waals surface area contributed by atoms with E-state index in [0.717, 1.165) is 26.1 Å². The Hall–Kier alpha value is -0.380. The SMILES string of the molecule is COC1(C(N)C=C(C)C)CCOCC1. The van der Waals surface area contributed by atoms with E-state index in [2.05, 4.69) is 19.9 Å². The average Bonchev–Trinajstić information content (AvgIpc) is 2.18. The smallest absolute Gasteiger partial charge is 0.0908 e. The van der Waals surface area contributed by atoms with E-state index in [0.29, 0.717) is 0 Å². The molecule has 1 atom stereocenters. The fourth-order valence-electron chi connectivity index (χ4n) is 1.90. The van der Waals surface area contributed by atoms with Gasteiger partial charge in [-0.05, 0) is 13.8 Å². The molecule has 0 aromatic heterocycles. The van der Waals surface area contributed by atoms with Crippen molar-refractivity contribution in [3.05, 3.63) is 11.6 Å². The first-order chi connectivity index (χ1) is 6.60. The molecule has 0 spiro atoms. The molecule has 3 heteroatoms. The van der Waals surface area contributed by atoms with Crippen molar-refractivity contribution in [1.82, 2.24) is 0 Å². The van der Waals surface area contributed by atoms with Crippen molar-refractivity contribution in [2.45, 2.75) is 38.3 Å². The molecule has 0 aliphatic carbocycles. The second-order valence-electron chi connectivity index (χ2n) is 4.15. The van der Waals surface area contributed by atoms with E-state index in [9.17, 15) is 0 Å². The number of hydrogen-bond donors (Lipinski definition) is 1. The van der Waals surface area contributed by atoms with E-state index in [1.807, 2.05) is 0 Å². The van der Waals surface area contributed by atoms with Gasteiger partial charge in [-0.1, -0.05) is 11.6 Å². The molecule has 3 nitrogen and oxygen atoms in total. The summed E-state index contributed by atoms with van der Waals surface area (Å²) in [5.74, 6) is 0. The van der Waals surface area contributed by atoms with Crippen molar-refractivity contribution < 1.29 is 9.47 Å². The minimum atomic E-state index is -0.213. The highest BCUT2D eigenvalue weighted by Crippen LogP contribution is 2.28. The van der Waals surface area contributed by atoms with Crippen LogP contribution < -0.4 is 5.73 Å². The summed E-state index contributed by atoms with van der Waals surface area (Å²) in [6.45, 7) is 5.61. The third kappa shape index (κ3) is 2.56. The van der Waals surface area contributed by atoms with Crippen molar-refractivity contribution in [2.75, 3.05) is 20.3 Å². The Balaban J connectivity index is 2.72. The molecule has 1 saturated heterocycles. The van der Waals surface area contributed by atoms with Gasteiger partial charge >= 0.3 is 0 Å². The minimum Gasteiger partial charge on any atom is -0.381 e. The third-order valence-corrected chi connectivity index (χ3v) is 2.87. The first kappa shape index (κ1) is 11.7. The maximum atomic E-state index is 6.14. The summed E-state index contributed by atoms with van der Waals surface area (Å²) in [4.78, 5) is 0. The van der Waals surface area contributed by atoms with Crippen LogP contribution in [0.3, 0.4) is 0 Å². The van der Waals surface area contributed by atoms with Crippen molar-refractivity contribution in [3.8, 4) is 0 Å². The van der Waals surface area contributed by atoms with Gasteiger partial charge in [-0.3, -0.25) is 0 Å². The minimum absolute atomic E-state index is 0.0265. The molecule has 2 N–H and O–H groups in total. The number of methoxy groups -OCH3 is 1. The Morgan fingerprint density at radius 3 is 2.43 bits per heavy atom. The Morgan fingerprint density at radius 1 is 1.43 bits per heavy atom. The van der Waals surface area contributed by atoms with E-state index in [-0.39, 0.29) is 11.6 Å². The van der Waals surface area contributed by atoms with Crippen molar-refractivity contribution in [3.63, 3.8) is 0 Å². The molecule has 0 amide bonds. The average molecular weight is 199 g/mol. The van der Waals surface area contributed by atoms with Gasteiger partial charge in [0.1, 0.15) is 0 Å². The van der Waals surface area contributed by atoms with Crippen molar-refractivity contribution in [1.29, 1.82) is 0 Å². The number of rotatable bonds is 3. The largest absolute Gasteiger partial charge is 0.381 e. The van der Waals surface area contributed by atoms with Gasteiger partial charge in [-0.25, -0.2) is 0 Å². The molecule has 1 fully saturated rings. The highest BCUT2D eigenvalue weighted by Gasteiger charge is 2.37. The molecule has 0 bridgehead atoms. The van der Waals surface area contributed by atoms with E-state index in [1.165, 1.54) is 5.57 Å². The Labute approximate surface area is 86.3 Å². The lowest BCUT2D eigenvalue weighted by atomic mass is 9.85. The van der Waals surface area contributed by atoms with Crippen molar-refractivity contribution in [2.24, 2.45) is 5.73 Å². The summed E-state index contributed by atoms with van der Waals surface area (Å²) < 4.78 is 10.9. The zero-order valence-corrected chi connectivity index (χ0v) is 9.38. The number of hydrogen-bond acceptors (Lipinski definition) is 3. The molecule has 0 radical (unpaired) electrons. The highest BCUT2D eigenvalue weighted by atomic mass is 16.5. The summed E-state index contributed by atoms with van der Waals surface area (Å²) in [6.07, 6.45) is 3.84. The third-order valence-electron chi connectivity index (χ3n) is 2.87. The Bertz CT molecular complexity index is 203. The first-order valence-corrected chi connectivity index (χ1v) is 5.14. The van der Waals surface area contributed by atoms with E-state index in [1.54, 1.807) is 7.11 Å². The van der Waals surface area contributed by atoms with Crippen LogP contribution in [0, 0.1) is 0 Å². The lowest BCUT2D eigenvalue weighted by Crippen LogP contribution is -2.52. The molecule has 1 aliphatic heterocycles. The lowest BCUT2D eigenvalue weighted by molar-refractivity contribution is -0.0958. The van der Waals surface area contributed by atoms with Crippen LogP contribution in [0.4, 0.5) is 0 Å². The van der Waals surface area contributed by atoms with E-state index in [4.69, 9.17) is 15.2 Å². The molecule has 1 aliphatic rings. The fourth-order valence-corrected chi connectivity index (χ4v) is 1.90. The van der Waals surface area contributed by atoms with E-state index >= 15 is 0 Å². The second-order valence-corrected chi connectivity index (χ2v) is 4.15. The number of allylic oxidation sites excluding steroid dienone is 1. The Kier molecular flexibility index (Phi) is 4.11. The number of ether oxygens (including phenoxy) is 2. The van der Waals surface area contributed by atoms with Crippen LogP contribution >= 0.6 is 0 Å². The second kappa shape index (κ2) is 4.91.